The summed E-state index contributed by atoms with van der Waals surface area (Å²) in [4.78, 5) is 11.9. The van der Waals surface area contributed by atoms with E-state index in [0.717, 1.165) is 17.3 Å². The van der Waals surface area contributed by atoms with Crippen molar-refractivity contribution in [3.63, 3.8) is 0 Å². The maximum atomic E-state index is 11.9. The summed E-state index contributed by atoms with van der Waals surface area (Å²) in [6, 6.07) is 12.1. The summed E-state index contributed by atoms with van der Waals surface area (Å²) in [6.07, 6.45) is 0.835. The first-order valence-electron chi connectivity index (χ1n) is 5.72. The molecule has 2 nitrogen and oxygen atoms in total. The maximum absolute atomic E-state index is 11.9. The van der Waals surface area contributed by atoms with E-state index in [1.54, 1.807) is 0 Å². The Labute approximate surface area is 119 Å². The number of thiophene rings is 1. The lowest BCUT2D eigenvalue weighted by Gasteiger charge is -2.15. The minimum Gasteiger partial charge on any atom is -0.348 e. The maximum Gasteiger partial charge on any atom is 0.252 e. The minimum atomic E-state index is -0.00312. The molecule has 4 heteroatoms. The van der Waals surface area contributed by atoms with Crippen molar-refractivity contribution >= 4 is 33.2 Å². The summed E-state index contributed by atoms with van der Waals surface area (Å²) >= 11 is 4.99. The van der Waals surface area contributed by atoms with Gasteiger partial charge in [-0.05, 0) is 23.4 Å². The van der Waals surface area contributed by atoms with E-state index < -0.39 is 0 Å². The molecule has 0 saturated heterocycles. The largest absolute Gasteiger partial charge is 0.348 e. The van der Waals surface area contributed by atoms with Crippen LogP contribution in [0.3, 0.4) is 0 Å². The highest BCUT2D eigenvalue weighted by atomic mass is 79.9. The van der Waals surface area contributed by atoms with E-state index in [9.17, 15) is 4.79 Å². The van der Waals surface area contributed by atoms with E-state index in [4.69, 9.17) is 0 Å². The lowest BCUT2D eigenvalue weighted by atomic mass is 10.1. The van der Waals surface area contributed by atoms with Gasteiger partial charge < -0.3 is 5.32 Å². The molecule has 0 aliphatic carbocycles. The zero-order chi connectivity index (χ0) is 12.8. The number of amides is 1. The molecule has 1 aromatic heterocycles. The second-order valence-electron chi connectivity index (χ2n) is 4.03. The molecule has 1 N–H and O–H groups in total. The molecule has 0 fully saturated rings. The molecule has 2 aromatic rings. The van der Waals surface area contributed by atoms with Crippen LogP contribution >= 0.6 is 27.3 Å². The van der Waals surface area contributed by atoms with Gasteiger partial charge in [0.2, 0.25) is 0 Å². The van der Waals surface area contributed by atoms with Crippen LogP contribution in [0, 0.1) is 0 Å². The standard InChI is InChI=1S/C14H14BrNOS/c15-9-13(8-11-4-2-1-3-5-11)16-14(17)12-6-7-18-10-12/h1-7,10,13H,8-9H2,(H,16,17). The average Bonchev–Trinajstić information content (AvgIpc) is 2.93. The second kappa shape index (κ2) is 6.71. The normalized spacial score (nSPS) is 12.1. The van der Waals surface area contributed by atoms with Gasteiger partial charge in [0.1, 0.15) is 0 Å². The summed E-state index contributed by atoms with van der Waals surface area (Å²) in [6.45, 7) is 0. The average molecular weight is 324 g/mol. The second-order valence-corrected chi connectivity index (χ2v) is 5.45. The number of carbonyl (C=O) groups excluding carboxylic acids is 1. The van der Waals surface area contributed by atoms with E-state index >= 15 is 0 Å². The highest BCUT2D eigenvalue weighted by Gasteiger charge is 2.13. The molecular formula is C14H14BrNOS. The number of hydrogen-bond acceptors (Lipinski definition) is 2. The van der Waals surface area contributed by atoms with Gasteiger partial charge in [-0.2, -0.15) is 11.3 Å². The molecule has 1 atom stereocenters. The first-order chi connectivity index (χ1) is 8.79. The Bertz CT molecular complexity index is 484. The van der Waals surface area contributed by atoms with Crippen LogP contribution < -0.4 is 5.32 Å². The molecule has 0 radical (unpaired) electrons. The van der Waals surface area contributed by atoms with E-state index in [1.165, 1.54) is 16.9 Å². The van der Waals surface area contributed by atoms with Crippen molar-refractivity contribution in [3.05, 3.63) is 58.3 Å². The van der Waals surface area contributed by atoms with Crippen LogP contribution in [0.25, 0.3) is 0 Å². The van der Waals surface area contributed by atoms with Gasteiger partial charge >= 0.3 is 0 Å². The predicted molar refractivity (Wildman–Crippen MR) is 79.5 cm³/mol. The molecule has 1 unspecified atom stereocenters. The molecule has 1 heterocycles. The van der Waals surface area contributed by atoms with Crippen molar-refractivity contribution in [3.8, 4) is 0 Å². The van der Waals surface area contributed by atoms with Gasteiger partial charge in [-0.25, -0.2) is 0 Å². The Hall–Kier alpha value is -1.13. The van der Waals surface area contributed by atoms with Gasteiger partial charge in [0.05, 0.1) is 0 Å². The number of benzene rings is 1. The van der Waals surface area contributed by atoms with E-state index in [-0.39, 0.29) is 11.9 Å². The lowest BCUT2D eigenvalue weighted by Crippen LogP contribution is -2.37. The van der Waals surface area contributed by atoms with Crippen LogP contribution in [0.4, 0.5) is 0 Å². The predicted octanol–water partition coefficient (Wildman–Crippen LogP) is 3.48. The Balaban J connectivity index is 1.96. The van der Waals surface area contributed by atoms with Crippen molar-refractivity contribution in [1.29, 1.82) is 0 Å². The molecular weight excluding hydrogens is 310 g/mol. The zero-order valence-corrected chi connectivity index (χ0v) is 12.2. The molecule has 0 aliphatic rings. The van der Waals surface area contributed by atoms with Crippen LogP contribution in [0.1, 0.15) is 15.9 Å². The van der Waals surface area contributed by atoms with Crippen LogP contribution in [-0.2, 0) is 6.42 Å². The highest BCUT2D eigenvalue weighted by Crippen LogP contribution is 2.09. The molecule has 94 valence electrons. The molecule has 18 heavy (non-hydrogen) atoms. The fraction of sp³-hybridized carbons (Fsp3) is 0.214. The smallest absolute Gasteiger partial charge is 0.252 e. The van der Waals surface area contributed by atoms with E-state index in [0.29, 0.717) is 0 Å². The van der Waals surface area contributed by atoms with Crippen molar-refractivity contribution in [2.45, 2.75) is 12.5 Å². The number of rotatable bonds is 5. The molecule has 0 spiro atoms. The summed E-state index contributed by atoms with van der Waals surface area (Å²) in [5, 5.41) is 7.56. The summed E-state index contributed by atoms with van der Waals surface area (Å²) in [7, 11) is 0. The Kier molecular flexibility index (Phi) is 4.96. The third-order valence-electron chi connectivity index (χ3n) is 2.63. The van der Waals surface area contributed by atoms with Crippen molar-refractivity contribution in [2.24, 2.45) is 0 Å². The van der Waals surface area contributed by atoms with Crippen molar-refractivity contribution in [1.82, 2.24) is 5.32 Å². The minimum absolute atomic E-state index is 0.00312. The monoisotopic (exact) mass is 323 g/mol. The van der Waals surface area contributed by atoms with Crippen LogP contribution in [0.5, 0.6) is 0 Å². The third-order valence-corrected chi connectivity index (χ3v) is 4.09. The molecule has 1 aromatic carbocycles. The number of carbonyl (C=O) groups is 1. The van der Waals surface area contributed by atoms with Crippen LogP contribution in [0.15, 0.2) is 47.2 Å². The molecule has 0 bridgehead atoms. The molecule has 0 saturated carbocycles. The number of alkyl halides is 1. The molecule has 2 rings (SSSR count). The topological polar surface area (TPSA) is 29.1 Å². The highest BCUT2D eigenvalue weighted by molar-refractivity contribution is 9.09. The Morgan fingerprint density at radius 3 is 2.67 bits per heavy atom. The van der Waals surface area contributed by atoms with Crippen LogP contribution in [-0.4, -0.2) is 17.3 Å². The number of halogens is 1. The molecule has 0 aliphatic heterocycles. The van der Waals surface area contributed by atoms with Crippen LogP contribution in [0.2, 0.25) is 0 Å². The Morgan fingerprint density at radius 1 is 1.28 bits per heavy atom. The quantitative estimate of drug-likeness (QED) is 0.838. The zero-order valence-electron chi connectivity index (χ0n) is 9.80. The molecule has 1 amide bonds. The van der Waals surface area contributed by atoms with E-state index in [2.05, 4.69) is 33.4 Å². The van der Waals surface area contributed by atoms with Crippen molar-refractivity contribution in [2.75, 3.05) is 5.33 Å². The SMILES string of the molecule is O=C(NC(CBr)Cc1ccccc1)c1ccsc1. The van der Waals surface area contributed by atoms with E-state index in [1.807, 2.05) is 35.0 Å². The summed E-state index contributed by atoms with van der Waals surface area (Å²) in [5.41, 5.74) is 1.96. The van der Waals surface area contributed by atoms with Gasteiger partial charge in [-0.1, -0.05) is 46.3 Å². The first-order valence-corrected chi connectivity index (χ1v) is 7.79. The number of hydrogen-bond donors (Lipinski definition) is 1. The van der Waals surface area contributed by atoms with Gasteiger partial charge in [-0.3, -0.25) is 4.79 Å². The third kappa shape index (κ3) is 3.68. The van der Waals surface area contributed by atoms with Gasteiger partial charge in [0.15, 0.2) is 0 Å². The van der Waals surface area contributed by atoms with Gasteiger partial charge in [-0.15, -0.1) is 0 Å². The Morgan fingerprint density at radius 2 is 2.06 bits per heavy atom. The summed E-state index contributed by atoms with van der Waals surface area (Å²) in [5.74, 6) is -0.00312. The van der Waals surface area contributed by atoms with Crippen molar-refractivity contribution < 1.29 is 4.79 Å². The van der Waals surface area contributed by atoms with Gasteiger partial charge in [0, 0.05) is 22.3 Å². The fourth-order valence-electron chi connectivity index (χ4n) is 1.71. The fourth-order valence-corrected chi connectivity index (χ4v) is 2.73. The van der Waals surface area contributed by atoms with Gasteiger partial charge in [0.25, 0.3) is 5.91 Å². The first kappa shape index (κ1) is 13.3. The summed E-state index contributed by atoms with van der Waals surface area (Å²) < 4.78 is 0. The number of nitrogens with one attached hydrogen (secondary N) is 1. The lowest BCUT2D eigenvalue weighted by molar-refractivity contribution is 0.0941.